The fourth-order valence-corrected chi connectivity index (χ4v) is 3.29. The van der Waals surface area contributed by atoms with Gasteiger partial charge in [-0.05, 0) is 48.3 Å². The van der Waals surface area contributed by atoms with Crippen LogP contribution in [0.2, 0.25) is 0 Å². The van der Waals surface area contributed by atoms with Crippen molar-refractivity contribution in [1.29, 1.82) is 0 Å². The van der Waals surface area contributed by atoms with Crippen LogP contribution in [0.25, 0.3) is 0 Å². The lowest BCUT2D eigenvalue weighted by atomic mass is 10.0. The number of likely N-dealkylation sites (tertiary alicyclic amines) is 1. The molecule has 2 aliphatic rings. The van der Waals surface area contributed by atoms with Crippen LogP contribution in [0.3, 0.4) is 0 Å². The maximum atomic E-state index is 12.2. The summed E-state index contributed by atoms with van der Waals surface area (Å²) in [7, 11) is 0. The van der Waals surface area contributed by atoms with E-state index in [4.69, 9.17) is 0 Å². The lowest BCUT2D eigenvalue weighted by Crippen LogP contribution is -2.31. The summed E-state index contributed by atoms with van der Waals surface area (Å²) in [6.45, 7) is 4.26. The molecule has 1 aromatic heterocycles. The normalized spacial score (nSPS) is 29.2. The molecule has 0 spiro atoms. The molecule has 1 aliphatic heterocycles. The number of aryl methyl sites for hydroxylation is 1. The third-order valence-electron chi connectivity index (χ3n) is 4.74. The second-order valence-electron chi connectivity index (χ2n) is 5.75. The molecule has 1 saturated carbocycles. The molecular formula is C15H20N2O. The third-order valence-corrected chi connectivity index (χ3v) is 4.74. The summed E-state index contributed by atoms with van der Waals surface area (Å²) in [5.74, 6) is 1.12. The van der Waals surface area contributed by atoms with Crippen LogP contribution in [-0.4, -0.2) is 28.9 Å². The first-order valence-corrected chi connectivity index (χ1v) is 6.90. The summed E-state index contributed by atoms with van der Waals surface area (Å²) in [6, 6.07) is 3.98. The number of aromatic nitrogens is 1. The molecule has 2 fully saturated rings. The summed E-state index contributed by atoms with van der Waals surface area (Å²) >= 11 is 0. The first-order chi connectivity index (χ1) is 8.73. The molecule has 1 saturated heterocycles. The van der Waals surface area contributed by atoms with Crippen LogP contribution in [-0.2, 0) is 11.2 Å². The summed E-state index contributed by atoms with van der Waals surface area (Å²) in [6.07, 6.45) is 7.62. The van der Waals surface area contributed by atoms with E-state index in [0.29, 0.717) is 17.7 Å². The van der Waals surface area contributed by atoms with E-state index in [1.807, 2.05) is 12.1 Å². The third kappa shape index (κ3) is 2.02. The number of carbonyl (C=O) groups excluding carboxylic acids is 1. The maximum Gasteiger partial charge on any atom is 0.222 e. The molecule has 0 bridgehead atoms. The topological polar surface area (TPSA) is 33.2 Å². The van der Waals surface area contributed by atoms with Gasteiger partial charge in [0.15, 0.2) is 0 Å². The maximum absolute atomic E-state index is 12.2. The zero-order valence-corrected chi connectivity index (χ0v) is 10.9. The SMILES string of the molecule is CCC12CC1CN(C(=O)CCc1ccncc1)C2. The van der Waals surface area contributed by atoms with Crippen LogP contribution in [0.5, 0.6) is 0 Å². The van der Waals surface area contributed by atoms with Gasteiger partial charge in [-0.2, -0.15) is 0 Å². The van der Waals surface area contributed by atoms with Gasteiger partial charge in [0, 0.05) is 31.9 Å². The quantitative estimate of drug-likeness (QED) is 0.814. The number of hydrogen-bond acceptors (Lipinski definition) is 2. The Morgan fingerprint density at radius 3 is 2.94 bits per heavy atom. The van der Waals surface area contributed by atoms with Gasteiger partial charge in [-0.25, -0.2) is 0 Å². The molecule has 0 aromatic carbocycles. The Bertz CT molecular complexity index is 441. The van der Waals surface area contributed by atoms with Gasteiger partial charge < -0.3 is 4.90 Å². The predicted molar refractivity (Wildman–Crippen MR) is 70.0 cm³/mol. The van der Waals surface area contributed by atoms with Gasteiger partial charge in [0.1, 0.15) is 0 Å². The minimum Gasteiger partial charge on any atom is -0.342 e. The van der Waals surface area contributed by atoms with Crippen molar-refractivity contribution >= 4 is 5.91 Å². The minimum absolute atomic E-state index is 0.326. The fourth-order valence-electron chi connectivity index (χ4n) is 3.29. The van der Waals surface area contributed by atoms with E-state index >= 15 is 0 Å². The van der Waals surface area contributed by atoms with Gasteiger partial charge >= 0.3 is 0 Å². The molecule has 2 heterocycles. The van der Waals surface area contributed by atoms with Gasteiger partial charge in [-0.3, -0.25) is 9.78 Å². The van der Waals surface area contributed by atoms with E-state index in [1.54, 1.807) is 12.4 Å². The molecule has 18 heavy (non-hydrogen) atoms. The van der Waals surface area contributed by atoms with Crippen LogP contribution in [0.1, 0.15) is 31.7 Å². The lowest BCUT2D eigenvalue weighted by Gasteiger charge is -2.20. The Labute approximate surface area is 108 Å². The van der Waals surface area contributed by atoms with Crippen molar-refractivity contribution in [3.63, 3.8) is 0 Å². The molecular weight excluding hydrogens is 224 g/mol. The summed E-state index contributed by atoms with van der Waals surface area (Å²) in [5.41, 5.74) is 1.71. The van der Waals surface area contributed by atoms with E-state index in [1.165, 1.54) is 18.4 Å². The van der Waals surface area contributed by atoms with Crippen LogP contribution in [0, 0.1) is 11.3 Å². The van der Waals surface area contributed by atoms with E-state index in [0.717, 1.165) is 25.4 Å². The Morgan fingerprint density at radius 1 is 1.50 bits per heavy atom. The molecule has 1 amide bonds. The number of rotatable bonds is 4. The highest BCUT2D eigenvalue weighted by Crippen LogP contribution is 2.59. The molecule has 2 atom stereocenters. The highest BCUT2D eigenvalue weighted by atomic mass is 16.2. The molecule has 96 valence electrons. The molecule has 3 heteroatoms. The monoisotopic (exact) mass is 244 g/mol. The van der Waals surface area contributed by atoms with E-state index in [2.05, 4.69) is 16.8 Å². The highest BCUT2D eigenvalue weighted by molar-refractivity contribution is 5.77. The Kier molecular flexibility index (Phi) is 2.84. The van der Waals surface area contributed by atoms with Gasteiger partial charge in [-0.15, -0.1) is 0 Å². The first kappa shape index (κ1) is 11.7. The Balaban J connectivity index is 1.51. The van der Waals surface area contributed by atoms with Crippen LogP contribution >= 0.6 is 0 Å². The lowest BCUT2D eigenvalue weighted by molar-refractivity contribution is -0.130. The van der Waals surface area contributed by atoms with Crippen molar-refractivity contribution in [3.05, 3.63) is 30.1 Å². The predicted octanol–water partition coefficient (Wildman–Crippen LogP) is 2.27. The average molecular weight is 244 g/mol. The highest BCUT2D eigenvalue weighted by Gasteiger charge is 2.58. The molecule has 1 aromatic rings. The largest absolute Gasteiger partial charge is 0.342 e. The fraction of sp³-hybridized carbons (Fsp3) is 0.600. The molecule has 3 nitrogen and oxygen atoms in total. The zero-order chi connectivity index (χ0) is 12.6. The number of pyridine rings is 1. The number of nitrogens with zero attached hydrogens (tertiary/aromatic N) is 2. The first-order valence-electron chi connectivity index (χ1n) is 6.90. The molecule has 0 radical (unpaired) electrons. The van der Waals surface area contributed by atoms with Crippen molar-refractivity contribution in [2.24, 2.45) is 11.3 Å². The Morgan fingerprint density at radius 2 is 2.28 bits per heavy atom. The van der Waals surface area contributed by atoms with Crippen LogP contribution in [0.4, 0.5) is 0 Å². The zero-order valence-electron chi connectivity index (χ0n) is 10.9. The van der Waals surface area contributed by atoms with Crippen LogP contribution in [0.15, 0.2) is 24.5 Å². The van der Waals surface area contributed by atoms with Crippen molar-refractivity contribution < 1.29 is 4.79 Å². The molecule has 3 rings (SSSR count). The van der Waals surface area contributed by atoms with E-state index in [9.17, 15) is 4.79 Å². The standard InChI is InChI=1S/C15H20N2O/c1-2-15-9-13(15)10-17(11-15)14(18)4-3-12-5-7-16-8-6-12/h5-8,13H,2-4,9-11H2,1H3. The number of fused-ring (bicyclic) bond motifs is 1. The van der Waals surface area contributed by atoms with Crippen molar-refractivity contribution in [3.8, 4) is 0 Å². The van der Waals surface area contributed by atoms with Crippen molar-refractivity contribution in [2.45, 2.75) is 32.6 Å². The van der Waals surface area contributed by atoms with Crippen molar-refractivity contribution in [2.75, 3.05) is 13.1 Å². The van der Waals surface area contributed by atoms with Crippen LogP contribution < -0.4 is 0 Å². The number of amides is 1. The van der Waals surface area contributed by atoms with Gasteiger partial charge in [0.25, 0.3) is 0 Å². The summed E-state index contributed by atoms with van der Waals surface area (Å²) in [4.78, 5) is 18.2. The van der Waals surface area contributed by atoms with Gasteiger partial charge in [0.05, 0.1) is 0 Å². The summed E-state index contributed by atoms with van der Waals surface area (Å²) in [5, 5.41) is 0. The van der Waals surface area contributed by atoms with E-state index in [-0.39, 0.29) is 0 Å². The minimum atomic E-state index is 0.326. The van der Waals surface area contributed by atoms with Crippen molar-refractivity contribution in [1.82, 2.24) is 9.88 Å². The second kappa shape index (κ2) is 4.38. The second-order valence-corrected chi connectivity index (χ2v) is 5.75. The summed E-state index contributed by atoms with van der Waals surface area (Å²) < 4.78 is 0. The average Bonchev–Trinajstić information content (AvgIpc) is 2.99. The van der Waals surface area contributed by atoms with Gasteiger partial charge in [0.2, 0.25) is 5.91 Å². The number of piperidine rings is 1. The number of hydrogen-bond donors (Lipinski definition) is 0. The van der Waals surface area contributed by atoms with Gasteiger partial charge in [-0.1, -0.05) is 6.92 Å². The molecule has 2 unspecified atom stereocenters. The molecule has 1 aliphatic carbocycles. The Hall–Kier alpha value is -1.38. The van der Waals surface area contributed by atoms with E-state index < -0.39 is 0 Å². The number of carbonyl (C=O) groups is 1. The molecule has 0 N–H and O–H groups in total. The smallest absolute Gasteiger partial charge is 0.222 e.